The first kappa shape index (κ1) is 70.4. The molecule has 3 N–H and O–H groups in total. The number of nitrogens with one attached hydrogen (secondary N) is 3. The zero-order chi connectivity index (χ0) is 74.9. The van der Waals surface area contributed by atoms with E-state index < -0.39 is 0 Å². The first-order chi connectivity index (χ1) is 51.2. The molecule has 0 unspecified atom stereocenters. The lowest BCUT2D eigenvalue weighted by Crippen LogP contribution is -2.11. The molecule has 0 aliphatic heterocycles. The monoisotopic (exact) mass is 1570 g/mol. The Kier molecular flexibility index (Phi) is 16.1. The maximum Gasteiger partial charge on any atom is 0.0553 e. The average Bonchev–Trinajstić information content (AvgIpc) is 1.58. The van der Waals surface area contributed by atoms with Crippen molar-refractivity contribution in [3.8, 4) is 0 Å². The minimum absolute atomic E-state index is 0.0776. The summed E-state index contributed by atoms with van der Waals surface area (Å²) in [5, 5.41) is 15.3. The SMILES string of the molecule is CC(C)(C)c1cc2c3ccc(s3)c3ccc(s3)c3ccc(s3)c3cc(C(C)(C)C)cc4c5cc(C(C)(C)C)cc(c6ccc(s6)c6ccc(s6)c6ccc(s6)c6cc(C(C)(C)C)cc7c8cc(C(C)(C)C)cc(c9ccc(s9)c9ccc(s9)c9ccc(s9)c9cc(C(C)(C)C)cc%10c(c1)c2[nH]c9%10)c8[nH]c67)c5[nH]c34. The van der Waals surface area contributed by atoms with Crippen molar-refractivity contribution in [3.05, 3.63) is 215 Å². The average molecular weight is 1570 g/mol. The van der Waals surface area contributed by atoms with Crippen molar-refractivity contribution in [2.75, 3.05) is 0 Å². The number of thiophene rings is 9. The molecule has 12 heteroatoms. The second-order valence-corrected chi connectivity index (χ2v) is 45.8. The third-order valence-electron chi connectivity index (χ3n) is 22.2. The van der Waals surface area contributed by atoms with Crippen molar-refractivity contribution in [1.82, 2.24) is 15.0 Å². The molecular weight excluding hydrogens is 1480 g/mol. The van der Waals surface area contributed by atoms with Crippen LogP contribution in [0, 0.1) is 0 Å². The fourth-order valence-corrected chi connectivity index (χ4v) is 25.3. The van der Waals surface area contributed by atoms with Gasteiger partial charge in [0.25, 0.3) is 0 Å². The molecule has 0 aliphatic carbocycles. The van der Waals surface area contributed by atoms with Crippen molar-refractivity contribution in [2.24, 2.45) is 0 Å². The molecule has 0 fully saturated rings. The fraction of sp³-hybridized carbons (Fsp3) is 0.250. The van der Waals surface area contributed by atoms with Crippen LogP contribution in [0.5, 0.6) is 0 Å². The maximum absolute atomic E-state index is 4.17. The summed E-state index contributed by atoms with van der Waals surface area (Å²) in [5.41, 5.74) is 14.7. The van der Waals surface area contributed by atoms with E-state index in [2.05, 4.69) is 322 Å². The predicted octanol–water partition coefficient (Wildman–Crippen LogP) is 33.8. The number of hydrogen-bond acceptors (Lipinski definition) is 9. The van der Waals surface area contributed by atoms with Crippen molar-refractivity contribution >= 4 is 284 Å². The molecule has 0 spiro atoms. The summed E-state index contributed by atoms with van der Waals surface area (Å²) in [6, 6.07) is 72.3. The van der Waals surface area contributed by atoms with Gasteiger partial charge in [-0.3, -0.25) is 0 Å². The van der Waals surface area contributed by atoms with Crippen LogP contribution in [0.15, 0.2) is 182 Å². The highest BCUT2D eigenvalue weighted by Crippen LogP contribution is 2.49. The van der Waals surface area contributed by atoms with Crippen LogP contribution in [0.4, 0.5) is 0 Å². The van der Waals surface area contributed by atoms with Gasteiger partial charge in [-0.15, -0.1) is 102 Å². The van der Waals surface area contributed by atoms with Gasteiger partial charge >= 0.3 is 0 Å². The molecule has 108 heavy (non-hydrogen) atoms. The molecule has 0 saturated carbocycles. The van der Waals surface area contributed by atoms with Gasteiger partial charge in [-0.25, -0.2) is 0 Å². The van der Waals surface area contributed by atoms with Gasteiger partial charge in [0.1, 0.15) is 0 Å². The largest absolute Gasteiger partial charge is 0.353 e. The summed E-state index contributed by atoms with van der Waals surface area (Å²) < 4.78 is 23.1. The molecule has 13 heterocycles. The van der Waals surface area contributed by atoms with E-state index in [4.69, 9.17) is 0 Å². The molecule has 24 bridgehead atoms. The van der Waals surface area contributed by atoms with Gasteiger partial charge in [0.15, 0.2) is 0 Å². The highest BCUT2D eigenvalue weighted by molar-refractivity contribution is 7.36. The topological polar surface area (TPSA) is 47.4 Å². The fourth-order valence-electron chi connectivity index (χ4n) is 15.6. The minimum atomic E-state index is -0.0776. The molecule has 0 aliphatic rings. The van der Waals surface area contributed by atoms with Crippen LogP contribution in [0.25, 0.3) is 182 Å². The number of aromatic amines is 3. The normalized spacial score (nSPS) is 13.3. The number of rotatable bonds is 0. The van der Waals surface area contributed by atoms with Gasteiger partial charge in [0, 0.05) is 149 Å². The van der Waals surface area contributed by atoms with Gasteiger partial charge in [-0.2, -0.15) is 0 Å². The van der Waals surface area contributed by atoms with Crippen LogP contribution < -0.4 is 0 Å². The molecule has 0 saturated heterocycles. The first-order valence-corrected chi connectivity index (χ1v) is 44.9. The summed E-state index contributed by atoms with van der Waals surface area (Å²) in [6.45, 7) is 42.5. The second kappa shape index (κ2) is 24.8. The summed E-state index contributed by atoms with van der Waals surface area (Å²) in [4.78, 5) is 12.5. The van der Waals surface area contributed by atoms with Gasteiger partial charge in [0.2, 0.25) is 0 Å². The van der Waals surface area contributed by atoms with Gasteiger partial charge in [0.05, 0.1) is 33.1 Å². The zero-order valence-electron chi connectivity index (χ0n) is 64.5. The van der Waals surface area contributed by atoms with Crippen molar-refractivity contribution in [2.45, 2.75) is 157 Å². The summed E-state index contributed by atoms with van der Waals surface area (Å²) in [7, 11) is 0. The Morgan fingerprint density at radius 3 is 0.370 bits per heavy atom. The molecule has 19 rings (SSSR count). The molecule has 6 aromatic carbocycles. The van der Waals surface area contributed by atoms with Crippen LogP contribution >= 0.6 is 102 Å². The van der Waals surface area contributed by atoms with E-state index in [-0.39, 0.29) is 32.5 Å². The molecule has 13 aromatic heterocycles. The highest BCUT2D eigenvalue weighted by Gasteiger charge is 2.27. The second-order valence-electron chi connectivity index (χ2n) is 36.0. The van der Waals surface area contributed by atoms with E-state index in [0.717, 1.165) is 0 Å². The van der Waals surface area contributed by atoms with Crippen molar-refractivity contribution in [1.29, 1.82) is 0 Å². The summed E-state index contributed by atoms with van der Waals surface area (Å²) in [5.74, 6) is 0. The number of fused-ring (bicyclic) bond motifs is 33. The Hall–Kier alpha value is -7.98. The van der Waals surface area contributed by atoms with Crippen LogP contribution in [0.2, 0.25) is 0 Å². The molecule has 540 valence electrons. The van der Waals surface area contributed by atoms with E-state index in [9.17, 15) is 0 Å². The summed E-state index contributed by atoms with van der Waals surface area (Å²) in [6.07, 6.45) is 0. The molecule has 3 nitrogen and oxygen atoms in total. The molecule has 19 aromatic rings. The molecule has 0 atom stereocenters. The standard InChI is InChI=1S/C96H87N3S9/c1-91(2,3)49-37-55-56-38-50(92(4,5)6)44-62-68-20-26-74(101-68)81-33-34-82(107-81)76-28-22-70(103-76)64-46-53(95(13,14)15)41-59-60-42-54(96(16,17)18)48-66(90(60)99-89(59)64)72-24-30-78(105-72)84-36-35-83(108-84)77-29-23-71(104-77)65-47-52(94(10,11)12)40-58-57-39-51(93(7,8)9)45-63(87(57)98-88(58)65)69-21-27-75(102-69)80-32-31-79(106-80)73-25-19-67(100-73)61(43-49)85(55)97-86(56)62/h19-48,97-99H,1-18H3. The Bertz CT molecular complexity index is 6300. The van der Waals surface area contributed by atoms with Gasteiger partial charge in [-0.05, 0) is 248 Å². The van der Waals surface area contributed by atoms with Crippen LogP contribution in [0.1, 0.15) is 158 Å². The van der Waals surface area contributed by atoms with Crippen molar-refractivity contribution in [3.63, 3.8) is 0 Å². The lowest BCUT2D eigenvalue weighted by atomic mass is 9.84. The molecule has 0 amide bonds. The number of H-pyrrole nitrogens is 3. The van der Waals surface area contributed by atoms with Crippen LogP contribution in [0.3, 0.4) is 0 Å². The minimum Gasteiger partial charge on any atom is -0.353 e. The predicted molar refractivity (Wildman–Crippen MR) is 497 cm³/mol. The Labute approximate surface area is 665 Å². The van der Waals surface area contributed by atoms with Gasteiger partial charge < -0.3 is 15.0 Å². The van der Waals surface area contributed by atoms with E-state index in [1.54, 1.807) is 0 Å². The van der Waals surface area contributed by atoms with Crippen LogP contribution in [-0.4, -0.2) is 15.0 Å². The third-order valence-corrected chi connectivity index (χ3v) is 33.3. The highest BCUT2D eigenvalue weighted by atomic mass is 32.1. The van der Waals surface area contributed by atoms with E-state index >= 15 is 0 Å². The zero-order valence-corrected chi connectivity index (χ0v) is 71.8. The lowest BCUT2D eigenvalue weighted by molar-refractivity contribution is 0.591. The van der Waals surface area contributed by atoms with Gasteiger partial charge in [-0.1, -0.05) is 125 Å². The lowest BCUT2D eigenvalue weighted by Gasteiger charge is -2.20. The number of benzene rings is 6. The van der Waals surface area contributed by atoms with Crippen molar-refractivity contribution < 1.29 is 0 Å². The molecule has 0 radical (unpaired) electrons. The van der Waals surface area contributed by atoms with E-state index in [1.807, 2.05) is 102 Å². The Balaban J connectivity index is 0.887. The smallest absolute Gasteiger partial charge is 0.0553 e. The first-order valence-electron chi connectivity index (χ1n) is 37.5. The third kappa shape index (κ3) is 12.0. The number of hydrogen-bond donors (Lipinski definition) is 3. The Morgan fingerprint density at radius 1 is 0.148 bits per heavy atom. The number of aromatic nitrogens is 3. The summed E-state index contributed by atoms with van der Waals surface area (Å²) >= 11 is 17.2. The van der Waals surface area contributed by atoms with E-state index in [1.165, 1.54) is 216 Å². The maximum atomic E-state index is 4.17. The van der Waals surface area contributed by atoms with E-state index in [0.29, 0.717) is 0 Å². The molecular formula is C96H87N3S9. The van der Waals surface area contributed by atoms with Crippen LogP contribution in [-0.2, 0) is 32.5 Å². The quantitative estimate of drug-likeness (QED) is 0.136. The Morgan fingerprint density at radius 2 is 0.250 bits per heavy atom.